The molecule has 1 heterocycles. The number of carboxylic acids is 1. The highest BCUT2D eigenvalue weighted by Crippen LogP contribution is 2.01. The molecule has 0 saturated heterocycles. The molecule has 16 heavy (non-hydrogen) atoms. The lowest BCUT2D eigenvalue weighted by molar-refractivity contribution is -0.137. The van der Waals surface area contributed by atoms with Gasteiger partial charge in [-0.05, 0) is 6.42 Å². The zero-order valence-electron chi connectivity index (χ0n) is 8.80. The molecule has 1 amide bonds. The van der Waals surface area contributed by atoms with Crippen LogP contribution in [0.25, 0.3) is 0 Å². The second-order valence-corrected chi connectivity index (χ2v) is 3.16. The number of aliphatic carboxylic acids is 1. The molecule has 0 aliphatic heterocycles. The lowest BCUT2D eigenvalue weighted by atomic mass is 10.3. The van der Waals surface area contributed by atoms with Crippen molar-refractivity contribution in [3.05, 3.63) is 5.82 Å². The van der Waals surface area contributed by atoms with Crippen molar-refractivity contribution >= 4 is 17.8 Å². The molecule has 0 atom stereocenters. The van der Waals surface area contributed by atoms with Crippen molar-refractivity contribution in [3.63, 3.8) is 0 Å². The topological polar surface area (TPSA) is 125 Å². The molecule has 0 aromatic carbocycles. The number of carboxylic acid groups (broad SMARTS) is 1. The van der Waals surface area contributed by atoms with Crippen LogP contribution >= 0.6 is 0 Å². The third kappa shape index (κ3) is 2.94. The number of carbonyl (C=O) groups excluding carboxylic acids is 1. The maximum absolute atomic E-state index is 11.8. The Labute approximate surface area is 91.5 Å². The molecule has 0 fully saturated rings. The zero-order chi connectivity index (χ0) is 12.1. The maximum atomic E-state index is 11.8. The second kappa shape index (κ2) is 5.10. The minimum absolute atomic E-state index is 0.0462. The van der Waals surface area contributed by atoms with E-state index in [0.29, 0.717) is 13.0 Å². The number of H-pyrrole nitrogens is 1. The molecular formula is C8H13N5O3. The van der Waals surface area contributed by atoms with Crippen LogP contribution in [0, 0.1) is 0 Å². The standard InChI is InChI=1S/C8H13N5O3/c1-2-3-13(4-5(14)15)7(16)6-10-8(9)12-11-6/h2-4H2,1H3,(H,14,15)(H3,9,10,11,12). The molecule has 0 bridgehead atoms. The molecule has 1 aromatic rings. The number of nitrogen functional groups attached to an aromatic ring is 1. The number of carbonyl (C=O) groups is 2. The number of anilines is 1. The fourth-order valence-corrected chi connectivity index (χ4v) is 1.21. The summed E-state index contributed by atoms with van der Waals surface area (Å²) in [7, 11) is 0. The van der Waals surface area contributed by atoms with Crippen molar-refractivity contribution in [1.82, 2.24) is 20.1 Å². The Morgan fingerprint density at radius 2 is 2.25 bits per heavy atom. The van der Waals surface area contributed by atoms with Gasteiger partial charge in [-0.25, -0.2) is 0 Å². The Bertz CT molecular complexity index is 389. The van der Waals surface area contributed by atoms with Crippen LogP contribution in [-0.2, 0) is 4.79 Å². The molecule has 0 unspecified atom stereocenters. The third-order valence-electron chi connectivity index (χ3n) is 1.81. The van der Waals surface area contributed by atoms with Gasteiger partial charge >= 0.3 is 5.97 Å². The average molecular weight is 227 g/mol. The van der Waals surface area contributed by atoms with Gasteiger partial charge in [-0.1, -0.05) is 6.92 Å². The first-order chi connectivity index (χ1) is 7.54. The average Bonchev–Trinajstić information content (AvgIpc) is 2.62. The van der Waals surface area contributed by atoms with E-state index in [2.05, 4.69) is 15.2 Å². The first-order valence-corrected chi connectivity index (χ1v) is 4.73. The van der Waals surface area contributed by atoms with Gasteiger partial charge in [-0.2, -0.15) is 4.98 Å². The van der Waals surface area contributed by atoms with E-state index in [9.17, 15) is 9.59 Å². The summed E-state index contributed by atoms with van der Waals surface area (Å²) in [6, 6.07) is 0. The molecule has 0 aliphatic rings. The van der Waals surface area contributed by atoms with Crippen LogP contribution in [-0.4, -0.2) is 50.2 Å². The van der Waals surface area contributed by atoms with Crippen LogP contribution in [0.2, 0.25) is 0 Å². The van der Waals surface area contributed by atoms with E-state index >= 15 is 0 Å². The van der Waals surface area contributed by atoms with Crippen molar-refractivity contribution in [1.29, 1.82) is 0 Å². The Kier molecular flexibility index (Phi) is 3.81. The molecule has 1 rings (SSSR count). The third-order valence-corrected chi connectivity index (χ3v) is 1.81. The molecule has 88 valence electrons. The summed E-state index contributed by atoms with van der Waals surface area (Å²) in [4.78, 5) is 27.1. The summed E-state index contributed by atoms with van der Waals surface area (Å²) >= 11 is 0. The number of rotatable bonds is 5. The molecule has 0 aliphatic carbocycles. The molecule has 1 aromatic heterocycles. The first-order valence-electron chi connectivity index (χ1n) is 4.73. The molecule has 8 nitrogen and oxygen atoms in total. The molecular weight excluding hydrogens is 214 g/mol. The van der Waals surface area contributed by atoms with E-state index in [0.717, 1.165) is 0 Å². The molecule has 0 saturated carbocycles. The number of aromatic nitrogens is 3. The summed E-state index contributed by atoms with van der Waals surface area (Å²) in [6.45, 7) is 1.82. The van der Waals surface area contributed by atoms with Gasteiger partial charge in [-0.3, -0.25) is 14.7 Å². The summed E-state index contributed by atoms with van der Waals surface area (Å²) in [5.74, 6) is -1.69. The summed E-state index contributed by atoms with van der Waals surface area (Å²) in [6.07, 6.45) is 0.655. The number of amides is 1. The van der Waals surface area contributed by atoms with Crippen molar-refractivity contribution in [2.24, 2.45) is 0 Å². The molecule has 0 radical (unpaired) electrons. The highest BCUT2D eigenvalue weighted by Gasteiger charge is 2.20. The second-order valence-electron chi connectivity index (χ2n) is 3.16. The number of hydrogen-bond donors (Lipinski definition) is 3. The van der Waals surface area contributed by atoms with E-state index in [4.69, 9.17) is 10.8 Å². The predicted octanol–water partition coefficient (Wildman–Crippen LogP) is -0.676. The zero-order valence-corrected chi connectivity index (χ0v) is 8.80. The summed E-state index contributed by atoms with van der Waals surface area (Å²) in [5, 5.41) is 14.5. The smallest absolute Gasteiger partial charge is 0.323 e. The van der Waals surface area contributed by atoms with Gasteiger partial charge in [0.1, 0.15) is 6.54 Å². The van der Waals surface area contributed by atoms with Crippen LogP contribution in [0.15, 0.2) is 0 Å². The Hall–Kier alpha value is -2.12. The van der Waals surface area contributed by atoms with Gasteiger partial charge < -0.3 is 15.7 Å². The minimum atomic E-state index is -1.07. The predicted molar refractivity (Wildman–Crippen MR) is 54.6 cm³/mol. The van der Waals surface area contributed by atoms with Gasteiger partial charge in [0.25, 0.3) is 5.91 Å². The van der Waals surface area contributed by atoms with Crippen molar-refractivity contribution < 1.29 is 14.7 Å². The molecule has 8 heteroatoms. The largest absolute Gasteiger partial charge is 0.480 e. The van der Waals surface area contributed by atoms with Gasteiger partial charge in [0.2, 0.25) is 11.8 Å². The lowest BCUT2D eigenvalue weighted by Gasteiger charge is -2.17. The van der Waals surface area contributed by atoms with Crippen LogP contribution in [0.1, 0.15) is 24.0 Å². The van der Waals surface area contributed by atoms with Crippen molar-refractivity contribution in [3.8, 4) is 0 Å². The fourth-order valence-electron chi connectivity index (χ4n) is 1.21. The van der Waals surface area contributed by atoms with E-state index in [1.165, 1.54) is 4.90 Å². The number of nitrogens with one attached hydrogen (secondary N) is 1. The van der Waals surface area contributed by atoms with Gasteiger partial charge in [0.15, 0.2) is 0 Å². The number of nitrogens with two attached hydrogens (primary N) is 1. The van der Waals surface area contributed by atoms with Crippen LogP contribution in [0.5, 0.6) is 0 Å². The van der Waals surface area contributed by atoms with E-state index in [1.807, 2.05) is 6.92 Å². The van der Waals surface area contributed by atoms with E-state index < -0.39 is 11.9 Å². The van der Waals surface area contributed by atoms with Gasteiger partial charge in [0, 0.05) is 6.54 Å². The summed E-state index contributed by atoms with van der Waals surface area (Å²) < 4.78 is 0. The number of nitrogens with zero attached hydrogens (tertiary/aromatic N) is 3. The van der Waals surface area contributed by atoms with Crippen molar-refractivity contribution in [2.75, 3.05) is 18.8 Å². The monoisotopic (exact) mass is 227 g/mol. The van der Waals surface area contributed by atoms with E-state index in [-0.39, 0.29) is 18.3 Å². The van der Waals surface area contributed by atoms with Gasteiger partial charge in [0.05, 0.1) is 0 Å². The Morgan fingerprint density at radius 1 is 1.56 bits per heavy atom. The Balaban J connectivity index is 2.78. The lowest BCUT2D eigenvalue weighted by Crippen LogP contribution is -2.36. The van der Waals surface area contributed by atoms with Crippen molar-refractivity contribution in [2.45, 2.75) is 13.3 Å². The van der Waals surface area contributed by atoms with Crippen LogP contribution in [0.4, 0.5) is 5.95 Å². The SMILES string of the molecule is CCCN(CC(=O)O)C(=O)c1nc(N)n[nH]1. The number of hydrogen-bond acceptors (Lipinski definition) is 5. The normalized spacial score (nSPS) is 10.1. The van der Waals surface area contributed by atoms with E-state index in [1.54, 1.807) is 0 Å². The highest BCUT2D eigenvalue weighted by molar-refractivity contribution is 5.92. The van der Waals surface area contributed by atoms with Crippen LogP contribution in [0.3, 0.4) is 0 Å². The molecule has 4 N–H and O–H groups in total. The maximum Gasteiger partial charge on any atom is 0.323 e. The van der Waals surface area contributed by atoms with Gasteiger partial charge in [-0.15, -0.1) is 5.10 Å². The fraction of sp³-hybridized carbons (Fsp3) is 0.500. The highest BCUT2D eigenvalue weighted by atomic mass is 16.4. The molecule has 0 spiro atoms. The minimum Gasteiger partial charge on any atom is -0.480 e. The number of aromatic amines is 1. The Morgan fingerprint density at radius 3 is 2.69 bits per heavy atom. The van der Waals surface area contributed by atoms with Crippen LogP contribution < -0.4 is 5.73 Å². The quantitative estimate of drug-likeness (QED) is 0.612. The first kappa shape index (κ1) is 12.0. The summed E-state index contributed by atoms with van der Waals surface area (Å²) in [5.41, 5.74) is 5.25.